The van der Waals surface area contributed by atoms with Crippen molar-refractivity contribution in [2.24, 2.45) is 0 Å². The fourth-order valence-electron chi connectivity index (χ4n) is 3.65. The molecular weight excluding hydrogens is 942 g/mol. The first kappa shape index (κ1) is 56.3. The van der Waals surface area contributed by atoms with Crippen LogP contribution in [0.2, 0.25) is 0 Å². The summed E-state index contributed by atoms with van der Waals surface area (Å²) in [6.45, 7) is -3.40. The molecule has 0 fully saturated rings. The second-order valence-electron chi connectivity index (χ2n) is 11.6. The Morgan fingerprint density at radius 2 is 0.603 bits per heavy atom. The van der Waals surface area contributed by atoms with Crippen molar-refractivity contribution < 1.29 is 142 Å². The van der Waals surface area contributed by atoms with Crippen LogP contribution < -0.4 is 0 Å². The second kappa shape index (κ2) is 18.3. The van der Waals surface area contributed by atoms with Crippen molar-refractivity contribution >= 4 is 21.6 Å². The van der Waals surface area contributed by atoms with E-state index in [-0.39, 0.29) is 0 Å². The van der Waals surface area contributed by atoms with E-state index in [4.69, 9.17) is 0 Å². The predicted molar refractivity (Wildman–Crippen MR) is 140 cm³/mol. The third kappa shape index (κ3) is 11.2. The quantitative estimate of drug-likeness (QED) is 0.0729. The predicted octanol–water partition coefficient (Wildman–Crippen LogP) is 7.50. The molecule has 0 bridgehead atoms. The van der Waals surface area contributed by atoms with Gasteiger partial charge in [-0.05, 0) is 0 Å². The molecule has 4 unspecified atom stereocenters. The average molecular weight is 967 g/mol. The van der Waals surface area contributed by atoms with E-state index in [0.29, 0.717) is 0 Å². The van der Waals surface area contributed by atoms with Crippen molar-refractivity contribution in [3.63, 3.8) is 0 Å². The number of ether oxygens (including phenoxy) is 2. The van der Waals surface area contributed by atoms with Gasteiger partial charge in [-0.3, -0.25) is 8.42 Å². The molecule has 4 atom stereocenters. The lowest BCUT2D eigenvalue weighted by atomic mass is 9.93. The summed E-state index contributed by atoms with van der Waals surface area (Å²) in [6, 6.07) is 0. The number of rotatable bonds is 25. The zero-order valence-electron chi connectivity index (χ0n) is 27.4. The Balaban J connectivity index is 4.95. The third-order valence-corrected chi connectivity index (χ3v) is 9.87. The monoisotopic (exact) mass is 966 g/mol. The van der Waals surface area contributed by atoms with Gasteiger partial charge in [0.15, 0.2) is 0 Å². The number of aliphatic hydroxyl groups excluding tert-OH is 2. The van der Waals surface area contributed by atoms with E-state index in [1.165, 1.54) is 0 Å². The van der Waals surface area contributed by atoms with Crippen molar-refractivity contribution in [3.05, 3.63) is 0 Å². The summed E-state index contributed by atoms with van der Waals surface area (Å²) in [6.07, 6.45) is -25.0. The second-order valence-corrected chi connectivity index (χ2v) is 14.8. The van der Waals surface area contributed by atoms with Gasteiger partial charge in [0, 0.05) is 45.9 Å². The van der Waals surface area contributed by atoms with Crippen LogP contribution in [-0.2, 0) is 31.1 Å². The van der Waals surface area contributed by atoms with Gasteiger partial charge in [-0.25, -0.2) is 0 Å². The third-order valence-electron chi connectivity index (χ3n) is 7.03. The van der Waals surface area contributed by atoms with Crippen LogP contribution in [0.3, 0.4) is 0 Å². The Hall–Kier alpha value is -1.68. The summed E-state index contributed by atoms with van der Waals surface area (Å²) >= 11 is 0. The molecule has 0 amide bonds. The van der Waals surface area contributed by atoms with Gasteiger partial charge in [-0.15, -0.1) is 0 Å². The highest BCUT2D eigenvalue weighted by Crippen LogP contribution is 2.62. The van der Waals surface area contributed by atoms with E-state index in [0.717, 1.165) is 0 Å². The van der Waals surface area contributed by atoms with Gasteiger partial charge in [0.05, 0.1) is 50.1 Å². The summed E-state index contributed by atoms with van der Waals surface area (Å²) in [7, 11) is -5.97. The molecule has 0 aromatic rings. The van der Waals surface area contributed by atoms with Crippen molar-refractivity contribution in [3.8, 4) is 0 Å². The Bertz CT molecular complexity index is 1280. The molecule has 0 aromatic carbocycles. The molecule has 2 N–H and O–H groups in total. The lowest BCUT2D eigenvalue weighted by Crippen LogP contribution is -2.70. The molecule has 0 heterocycles. The Kier molecular flexibility index (Phi) is 17.8. The maximum absolute atomic E-state index is 13.8. The molecule has 6 nitrogen and oxygen atoms in total. The fourth-order valence-corrected chi connectivity index (χ4v) is 6.00. The summed E-state index contributed by atoms with van der Waals surface area (Å²) in [5, 5.41) is 19.3. The number of alkyl halides is 26. The van der Waals surface area contributed by atoms with Crippen LogP contribution in [0.4, 0.5) is 114 Å². The van der Waals surface area contributed by atoms with E-state index >= 15 is 0 Å². The zero-order chi connectivity index (χ0) is 46.8. The highest BCUT2D eigenvalue weighted by molar-refractivity contribution is 7.85. The highest BCUT2D eigenvalue weighted by atomic mass is 32.2. The summed E-state index contributed by atoms with van der Waals surface area (Å²) in [5.74, 6) is -83.0. The van der Waals surface area contributed by atoms with Crippen LogP contribution in [0.15, 0.2) is 0 Å². The molecule has 0 aliphatic heterocycles. The molecule has 58 heavy (non-hydrogen) atoms. The highest BCUT2D eigenvalue weighted by Gasteiger charge is 2.92. The summed E-state index contributed by atoms with van der Waals surface area (Å²) in [4.78, 5) is 0. The fraction of sp³-hybridized carbons (Fsp3) is 1.00. The van der Waals surface area contributed by atoms with E-state index in [1.54, 1.807) is 0 Å². The molecule has 34 heteroatoms. The number of hydrogen-bond acceptors (Lipinski definition) is 6. The number of aliphatic hydroxyl groups is 2. The van der Waals surface area contributed by atoms with Crippen LogP contribution in [0, 0.1) is 0 Å². The topological polar surface area (TPSA) is 93.1 Å². The van der Waals surface area contributed by atoms with E-state index in [2.05, 4.69) is 9.47 Å². The SMILES string of the molecule is O=S(CCC(F)(F)C(F)(F)C(F)(F)C(F)(F)C(F)(F)C(F)(F)F)CC(O)COCCOCC(O)CS(=O)CCC(F)(F)C(F)(F)C(F)(F)C(F)(F)C(F)(F)C(F)(F)F. The van der Waals surface area contributed by atoms with Gasteiger partial charge in [0.2, 0.25) is 0 Å². The van der Waals surface area contributed by atoms with Gasteiger partial charge in [-0.2, -0.15) is 114 Å². The Morgan fingerprint density at radius 1 is 0.379 bits per heavy atom. The van der Waals surface area contributed by atoms with Crippen LogP contribution in [-0.4, -0.2) is 152 Å². The standard InChI is InChI=1S/C24H24F26O6S2/c25-13(26,15(29,30)17(33,34)19(37,38)21(41,42)23(45,46)47)1-5-57(53)9-11(51)7-55-3-4-56-8-12(52)10-58(54)6-2-14(27,28)16(31,32)18(35,36)20(39,40)22(43,44)24(48,49)50/h11-12,51-52H,1-10H2. The molecule has 0 aromatic heterocycles. The zero-order valence-corrected chi connectivity index (χ0v) is 29.0. The smallest absolute Gasteiger partial charge is 0.390 e. The number of halogens is 26. The maximum atomic E-state index is 13.8. The average Bonchev–Trinajstić information content (AvgIpc) is 3.02. The van der Waals surface area contributed by atoms with E-state index in [9.17, 15) is 133 Å². The normalized spacial score (nSPS) is 17.7. The first-order chi connectivity index (χ1) is 25.3. The van der Waals surface area contributed by atoms with Gasteiger partial charge in [0.1, 0.15) is 0 Å². The van der Waals surface area contributed by atoms with E-state index in [1.807, 2.05) is 0 Å². The first-order valence-electron chi connectivity index (χ1n) is 14.4. The molecular formula is C24H24F26O6S2. The van der Waals surface area contributed by atoms with Crippen molar-refractivity contribution in [2.75, 3.05) is 49.4 Å². The number of hydrogen-bond donors (Lipinski definition) is 2. The summed E-state index contributed by atoms with van der Waals surface area (Å²) in [5.41, 5.74) is 0. The molecule has 0 saturated carbocycles. The first-order valence-corrected chi connectivity index (χ1v) is 17.4. The molecule has 0 spiro atoms. The van der Waals surface area contributed by atoms with E-state index < -0.39 is 168 Å². The molecule has 0 radical (unpaired) electrons. The minimum atomic E-state index is -8.15. The molecule has 0 aliphatic rings. The lowest BCUT2D eigenvalue weighted by Gasteiger charge is -2.39. The molecule has 0 rings (SSSR count). The van der Waals surface area contributed by atoms with Crippen molar-refractivity contribution in [2.45, 2.75) is 96.6 Å². The van der Waals surface area contributed by atoms with Gasteiger partial charge >= 0.3 is 71.6 Å². The molecule has 0 aliphatic carbocycles. The summed E-state index contributed by atoms with van der Waals surface area (Å²) < 4.78 is 374. The largest absolute Gasteiger partial charge is 0.460 e. The van der Waals surface area contributed by atoms with Crippen molar-refractivity contribution in [1.82, 2.24) is 0 Å². The Labute approximate surface area is 310 Å². The minimum Gasteiger partial charge on any atom is -0.390 e. The van der Waals surface area contributed by atoms with Crippen LogP contribution in [0.5, 0.6) is 0 Å². The van der Waals surface area contributed by atoms with Crippen LogP contribution in [0.25, 0.3) is 0 Å². The van der Waals surface area contributed by atoms with Crippen LogP contribution >= 0.6 is 0 Å². The Morgan fingerprint density at radius 3 is 0.828 bits per heavy atom. The van der Waals surface area contributed by atoms with Crippen molar-refractivity contribution in [1.29, 1.82) is 0 Å². The molecule has 0 saturated heterocycles. The van der Waals surface area contributed by atoms with Crippen LogP contribution in [0.1, 0.15) is 12.8 Å². The molecule has 350 valence electrons. The van der Waals surface area contributed by atoms with Gasteiger partial charge in [-0.1, -0.05) is 0 Å². The maximum Gasteiger partial charge on any atom is 0.460 e. The van der Waals surface area contributed by atoms with Gasteiger partial charge < -0.3 is 19.7 Å². The minimum absolute atomic E-state index is 0.705. The van der Waals surface area contributed by atoms with Gasteiger partial charge in [0.25, 0.3) is 0 Å². The lowest BCUT2D eigenvalue weighted by molar-refractivity contribution is -0.439.